The summed E-state index contributed by atoms with van der Waals surface area (Å²) in [5, 5.41) is 0. The minimum atomic E-state index is -1.75. The predicted octanol–water partition coefficient (Wildman–Crippen LogP) is -5.51. The van der Waals surface area contributed by atoms with Gasteiger partial charge in [0.15, 0.2) is 0 Å². The van der Waals surface area contributed by atoms with Crippen molar-refractivity contribution in [2.75, 3.05) is 0 Å². The maximum absolute atomic E-state index is 8.46. The first-order chi connectivity index (χ1) is 1.41. The average molecular weight is 83.9 g/mol. The van der Waals surface area contributed by atoms with Crippen molar-refractivity contribution >= 4 is 15.5 Å². The summed E-state index contributed by atoms with van der Waals surface area (Å²) in [7, 11) is 0. The summed E-state index contributed by atoms with van der Waals surface area (Å²) < 4.78 is 16.9. The molecule has 0 aliphatic heterocycles. The van der Waals surface area contributed by atoms with E-state index in [0.29, 0.717) is 0 Å². The van der Waals surface area contributed by atoms with Crippen LogP contribution in [0, 0.1) is 0 Å². The molecule has 0 aliphatic rings. The molecule has 24 valence electrons. The second kappa shape index (κ2) is 22.4. The third kappa shape index (κ3) is 71.3. The molecule has 0 amide bonds. The zero-order chi connectivity index (χ0) is 2.71. The fraction of sp³-hybridized carbons (Fsp3) is 0. The van der Waals surface area contributed by atoms with Crippen LogP contribution in [-0.2, 0) is 3.80 Å². The van der Waals surface area contributed by atoms with Gasteiger partial charge < -0.3 is 5.48 Å². The van der Waals surface area contributed by atoms with E-state index in [2.05, 4.69) is 0 Å². The normalized spacial score (nSPS) is 1.60. The number of rotatable bonds is 0. The quantitative estimate of drug-likeness (QED) is 0.274. The summed E-state index contributed by atoms with van der Waals surface area (Å²) in [6, 6.07) is 0. The summed E-state index contributed by atoms with van der Waals surface area (Å²) in [6.07, 6.45) is 0. The van der Waals surface area contributed by atoms with Gasteiger partial charge in [0.1, 0.15) is 0 Å². The van der Waals surface area contributed by atoms with Crippen LogP contribution in [0.3, 0.4) is 0 Å². The van der Waals surface area contributed by atoms with E-state index in [1.807, 2.05) is 0 Å². The van der Waals surface area contributed by atoms with E-state index in [9.17, 15) is 0 Å². The molecule has 0 aromatic carbocycles. The molecule has 0 heterocycles. The van der Waals surface area contributed by atoms with E-state index >= 15 is 0 Å². The van der Waals surface area contributed by atoms with Gasteiger partial charge in [0.25, 0.3) is 0 Å². The summed E-state index contributed by atoms with van der Waals surface area (Å²) in [5.41, 5.74) is 0. The Hall–Kier alpha value is 0.690. The van der Waals surface area contributed by atoms with Crippen molar-refractivity contribution in [1.82, 2.24) is 0 Å². The first kappa shape index (κ1) is 17.3. The molecule has 0 aliphatic carbocycles. The second-order valence-corrected chi connectivity index (χ2v) is 0.289. The molecule has 5 heteroatoms. The van der Waals surface area contributed by atoms with Crippen LogP contribution >= 0.6 is 0 Å². The van der Waals surface area contributed by atoms with Crippen LogP contribution in [0.2, 0.25) is 0 Å². The Morgan fingerprint density at radius 2 is 1.60 bits per heavy atom. The van der Waals surface area contributed by atoms with Crippen molar-refractivity contribution in [3.63, 3.8) is 0 Å². The third-order valence-corrected chi connectivity index (χ3v) is 0. The molecule has 0 rings (SSSR count). The summed E-state index contributed by atoms with van der Waals surface area (Å²) in [6.45, 7) is 0. The molecular formula is H2AlLiO3. The Morgan fingerprint density at radius 1 is 1.60 bits per heavy atom. The van der Waals surface area contributed by atoms with Crippen LogP contribution in [0.1, 0.15) is 0 Å². The van der Waals surface area contributed by atoms with Crippen LogP contribution in [0.25, 0.3) is 0 Å². The van der Waals surface area contributed by atoms with Crippen molar-refractivity contribution in [1.29, 1.82) is 0 Å². The standard InChI is InChI=1S/Al.Li.H2O.2O/h;;1H2;;/q;+1;;;-1. The van der Waals surface area contributed by atoms with E-state index in [0.717, 1.165) is 0 Å². The van der Waals surface area contributed by atoms with Crippen molar-refractivity contribution in [3.05, 3.63) is 0 Å². The van der Waals surface area contributed by atoms with Crippen LogP contribution in [0.5, 0.6) is 0 Å². The van der Waals surface area contributed by atoms with Crippen molar-refractivity contribution in [2.24, 2.45) is 0 Å². The topological polar surface area (TPSA) is 71.6 Å². The van der Waals surface area contributed by atoms with Crippen LogP contribution in [0.15, 0.2) is 0 Å². The molecule has 0 unspecified atom stereocenters. The maximum atomic E-state index is 8.46. The zero-order valence-corrected chi connectivity index (χ0v) is 4.05. The Kier molecular flexibility index (Phi) is 77.4. The SMILES string of the molecule is O.[Li+].[O]=[Al][O-]. The van der Waals surface area contributed by atoms with Gasteiger partial charge in [-0.3, -0.25) is 0 Å². The monoisotopic (exact) mass is 84.0 g/mol. The van der Waals surface area contributed by atoms with Gasteiger partial charge in [-0.05, 0) is 0 Å². The van der Waals surface area contributed by atoms with Gasteiger partial charge in [-0.2, -0.15) is 0 Å². The molecule has 0 radical (unpaired) electrons. The third-order valence-electron chi connectivity index (χ3n) is 0. The Bertz CT molecular complexity index is 14.4. The molecule has 2 N–H and O–H groups in total. The van der Waals surface area contributed by atoms with Crippen LogP contribution in [0.4, 0.5) is 0 Å². The molecule has 0 saturated heterocycles. The Labute approximate surface area is 48.1 Å². The van der Waals surface area contributed by atoms with Crippen LogP contribution < -0.4 is 23.0 Å². The van der Waals surface area contributed by atoms with Gasteiger partial charge in [0, 0.05) is 0 Å². The fourth-order valence-electron chi connectivity index (χ4n) is 0. The second-order valence-electron chi connectivity index (χ2n) is 0.0962. The molecule has 0 saturated carbocycles. The van der Waals surface area contributed by atoms with Crippen molar-refractivity contribution in [2.45, 2.75) is 0 Å². The van der Waals surface area contributed by atoms with Gasteiger partial charge in [-0.15, -0.1) is 0 Å². The molecule has 3 nitrogen and oxygen atoms in total. The average Bonchev–Trinajstić information content (AvgIpc) is 0.918. The molecular weight excluding hydrogens is 81.9 g/mol. The molecule has 0 aromatic heterocycles. The molecule has 0 spiro atoms. The molecule has 0 bridgehead atoms. The van der Waals surface area contributed by atoms with Crippen molar-refractivity contribution < 1.29 is 32.3 Å². The van der Waals surface area contributed by atoms with Gasteiger partial charge >= 0.3 is 42.3 Å². The van der Waals surface area contributed by atoms with Gasteiger partial charge in [-0.25, -0.2) is 0 Å². The molecule has 5 heavy (non-hydrogen) atoms. The number of hydrogen-bond donors (Lipinski definition) is 0. The van der Waals surface area contributed by atoms with Crippen LogP contribution in [-0.4, -0.2) is 21.0 Å². The molecule has 0 aromatic rings. The molecule has 0 atom stereocenters. The summed E-state index contributed by atoms with van der Waals surface area (Å²) >= 11 is -1.75. The van der Waals surface area contributed by atoms with E-state index in [1.165, 1.54) is 0 Å². The number of hydrogen-bond acceptors (Lipinski definition) is 2. The fourth-order valence-corrected chi connectivity index (χ4v) is 0. The van der Waals surface area contributed by atoms with Crippen molar-refractivity contribution in [3.8, 4) is 0 Å². The van der Waals surface area contributed by atoms with E-state index in [-0.39, 0.29) is 24.3 Å². The zero-order valence-electron chi connectivity index (χ0n) is 2.89. The Morgan fingerprint density at radius 3 is 1.60 bits per heavy atom. The predicted molar refractivity (Wildman–Crippen MR) is 10.1 cm³/mol. The Balaban J connectivity index is -0.0000000200. The summed E-state index contributed by atoms with van der Waals surface area (Å²) in [4.78, 5) is 0. The van der Waals surface area contributed by atoms with E-state index < -0.39 is 15.5 Å². The van der Waals surface area contributed by atoms with E-state index in [4.69, 9.17) is 7.96 Å². The van der Waals surface area contributed by atoms with Gasteiger partial charge in [0.05, 0.1) is 0 Å². The van der Waals surface area contributed by atoms with E-state index in [1.54, 1.807) is 0 Å². The van der Waals surface area contributed by atoms with Gasteiger partial charge in [-0.1, -0.05) is 0 Å². The van der Waals surface area contributed by atoms with Gasteiger partial charge in [0.2, 0.25) is 0 Å². The summed E-state index contributed by atoms with van der Waals surface area (Å²) in [5.74, 6) is 0. The first-order valence-electron chi connectivity index (χ1n) is 0.471. The minimum absolute atomic E-state index is 0. The first-order valence-corrected chi connectivity index (χ1v) is 1.41. The molecule has 0 fully saturated rings.